The molecule has 0 atom stereocenters. The van der Waals surface area contributed by atoms with E-state index in [1.807, 2.05) is 23.0 Å². The van der Waals surface area contributed by atoms with Gasteiger partial charge >= 0.3 is 0 Å². The molecule has 0 spiro atoms. The van der Waals surface area contributed by atoms with E-state index in [9.17, 15) is 0 Å². The van der Waals surface area contributed by atoms with Crippen molar-refractivity contribution in [1.82, 2.24) is 25.0 Å². The molecule has 3 aromatic heterocycles. The number of anilines is 1. The quantitative estimate of drug-likeness (QED) is 0.541. The maximum absolute atomic E-state index is 5.19. The van der Waals surface area contributed by atoms with Crippen LogP contribution in [0.4, 0.5) is 5.69 Å². The smallest absolute Gasteiger partial charge is 0.165 e. The number of aromatic nitrogens is 4. The lowest BCUT2D eigenvalue weighted by atomic mass is 9.86. The van der Waals surface area contributed by atoms with Crippen LogP contribution in [0.1, 0.15) is 49.3 Å². The second-order valence-corrected chi connectivity index (χ2v) is 8.06. The molecule has 4 aromatic rings. The van der Waals surface area contributed by atoms with Gasteiger partial charge in [-0.25, -0.2) is 10.4 Å². The number of nitrogens with zero attached hydrogens (tertiary/aromatic N) is 4. The molecule has 1 aliphatic carbocycles. The Morgan fingerprint density at radius 2 is 1.86 bits per heavy atom. The molecule has 0 amide bonds. The zero-order chi connectivity index (χ0) is 19.2. The van der Waals surface area contributed by atoms with Gasteiger partial charge in [0, 0.05) is 35.8 Å². The van der Waals surface area contributed by atoms with Crippen LogP contribution in [0.2, 0.25) is 0 Å². The van der Waals surface area contributed by atoms with Crippen LogP contribution >= 0.6 is 0 Å². The monoisotopic (exact) mass is 384 g/mol. The zero-order valence-corrected chi connectivity index (χ0v) is 16.3. The van der Waals surface area contributed by atoms with Crippen molar-refractivity contribution in [2.75, 3.05) is 11.6 Å². The summed E-state index contributed by atoms with van der Waals surface area (Å²) < 4.78 is 1.96. The van der Waals surface area contributed by atoms with Crippen LogP contribution in [-0.2, 0) is 0 Å². The third-order valence-electron chi connectivity index (χ3n) is 6.28. The third-order valence-corrected chi connectivity index (χ3v) is 6.28. The largest absolute Gasteiger partial charge is 0.346 e. The SMILES string of the molecule is C1=C(c2cnn3c2nc(C2CCCCC2)c2cc[nH]c23)CNN1c1ccccc1. The first-order valence-corrected chi connectivity index (χ1v) is 10.5. The number of para-hydroxylation sites is 1. The number of nitrogens with one attached hydrogen (secondary N) is 2. The highest BCUT2D eigenvalue weighted by atomic mass is 15.5. The number of aromatic amines is 1. The average molecular weight is 384 g/mol. The molecule has 146 valence electrons. The number of hydrazine groups is 1. The summed E-state index contributed by atoms with van der Waals surface area (Å²) in [5, 5.41) is 7.97. The van der Waals surface area contributed by atoms with Crippen LogP contribution in [0, 0.1) is 0 Å². The van der Waals surface area contributed by atoms with Gasteiger partial charge < -0.3 is 4.98 Å². The van der Waals surface area contributed by atoms with Crippen LogP contribution in [0.5, 0.6) is 0 Å². The highest BCUT2D eigenvalue weighted by Crippen LogP contribution is 2.36. The standard InChI is InChI=1S/C23H24N6/c1-3-7-16(8-4-1)21-19-11-12-24-22(19)29-23(27-21)20(14-26-29)17-13-25-28(15-17)18-9-5-2-6-10-18/h2,5-6,9-12,14-16,24-25H,1,3-4,7-8,13H2. The number of benzene rings is 1. The van der Waals surface area contributed by atoms with E-state index in [-0.39, 0.29) is 0 Å². The molecule has 0 radical (unpaired) electrons. The summed E-state index contributed by atoms with van der Waals surface area (Å²) in [6, 6.07) is 12.5. The maximum Gasteiger partial charge on any atom is 0.165 e. The Kier molecular flexibility index (Phi) is 3.90. The fourth-order valence-corrected chi connectivity index (χ4v) is 4.78. The van der Waals surface area contributed by atoms with Crippen molar-refractivity contribution in [1.29, 1.82) is 0 Å². The van der Waals surface area contributed by atoms with Crippen molar-refractivity contribution < 1.29 is 0 Å². The van der Waals surface area contributed by atoms with Gasteiger partial charge in [-0.2, -0.15) is 9.61 Å². The Hall–Kier alpha value is -3.12. The summed E-state index contributed by atoms with van der Waals surface area (Å²) in [4.78, 5) is 8.59. The molecule has 2 aliphatic rings. The minimum absolute atomic E-state index is 0.547. The van der Waals surface area contributed by atoms with Crippen LogP contribution in [0.25, 0.3) is 22.3 Å². The van der Waals surface area contributed by atoms with E-state index in [2.05, 4.69) is 57.0 Å². The van der Waals surface area contributed by atoms with Gasteiger partial charge in [-0.3, -0.25) is 5.01 Å². The summed E-state index contributed by atoms with van der Waals surface area (Å²) in [6.07, 6.45) is 12.5. The zero-order valence-electron chi connectivity index (χ0n) is 16.3. The van der Waals surface area contributed by atoms with Gasteiger partial charge in [0.05, 0.1) is 17.6 Å². The molecule has 1 aliphatic heterocycles. The molecule has 6 heteroatoms. The fourth-order valence-electron chi connectivity index (χ4n) is 4.78. The van der Waals surface area contributed by atoms with E-state index in [1.165, 1.54) is 48.8 Å². The van der Waals surface area contributed by atoms with E-state index in [4.69, 9.17) is 4.98 Å². The first-order valence-electron chi connectivity index (χ1n) is 10.5. The van der Waals surface area contributed by atoms with Crippen LogP contribution in [0.3, 0.4) is 0 Å². The van der Waals surface area contributed by atoms with Crippen molar-refractivity contribution >= 4 is 27.9 Å². The minimum Gasteiger partial charge on any atom is -0.346 e. The summed E-state index contributed by atoms with van der Waals surface area (Å²) in [7, 11) is 0. The summed E-state index contributed by atoms with van der Waals surface area (Å²) in [5.41, 5.74) is 10.1. The lowest BCUT2D eigenvalue weighted by molar-refractivity contribution is 0.439. The van der Waals surface area contributed by atoms with Crippen LogP contribution in [-0.4, -0.2) is 26.1 Å². The molecule has 6 rings (SSSR count). The predicted octanol–water partition coefficient (Wildman–Crippen LogP) is 4.62. The van der Waals surface area contributed by atoms with E-state index in [1.54, 1.807) is 0 Å². The molecule has 0 saturated heterocycles. The van der Waals surface area contributed by atoms with Crippen LogP contribution in [0.15, 0.2) is 55.0 Å². The Balaban J connectivity index is 1.47. The average Bonchev–Trinajstić information content (AvgIpc) is 3.52. The molecule has 0 unspecified atom stereocenters. The van der Waals surface area contributed by atoms with Gasteiger partial charge in [0.15, 0.2) is 5.65 Å². The van der Waals surface area contributed by atoms with Crippen molar-refractivity contribution in [3.05, 3.63) is 66.2 Å². The maximum atomic E-state index is 5.19. The summed E-state index contributed by atoms with van der Waals surface area (Å²) >= 11 is 0. The Bertz CT molecular complexity index is 1200. The first kappa shape index (κ1) is 16.8. The number of H-pyrrole nitrogens is 1. The lowest BCUT2D eigenvalue weighted by Gasteiger charge is -2.22. The second-order valence-electron chi connectivity index (χ2n) is 8.06. The molecule has 1 fully saturated rings. The van der Waals surface area contributed by atoms with Crippen molar-refractivity contribution in [3.63, 3.8) is 0 Å². The van der Waals surface area contributed by atoms with E-state index < -0.39 is 0 Å². The van der Waals surface area contributed by atoms with Gasteiger partial charge in [0.25, 0.3) is 0 Å². The number of hydrogen-bond acceptors (Lipinski definition) is 4. The molecule has 1 aromatic carbocycles. The van der Waals surface area contributed by atoms with E-state index >= 15 is 0 Å². The Morgan fingerprint density at radius 1 is 1.00 bits per heavy atom. The molecule has 6 nitrogen and oxygen atoms in total. The van der Waals surface area contributed by atoms with Gasteiger partial charge in [0.1, 0.15) is 5.65 Å². The van der Waals surface area contributed by atoms with E-state index in [0.717, 1.165) is 29.1 Å². The van der Waals surface area contributed by atoms with E-state index in [0.29, 0.717) is 5.92 Å². The summed E-state index contributed by atoms with van der Waals surface area (Å²) in [5.74, 6) is 0.547. The molecule has 1 saturated carbocycles. The number of hydrogen-bond donors (Lipinski definition) is 2. The highest BCUT2D eigenvalue weighted by Gasteiger charge is 2.24. The molecular weight excluding hydrogens is 360 g/mol. The van der Waals surface area contributed by atoms with Gasteiger partial charge in [0.2, 0.25) is 0 Å². The van der Waals surface area contributed by atoms with Crippen molar-refractivity contribution in [2.45, 2.75) is 38.0 Å². The van der Waals surface area contributed by atoms with Crippen molar-refractivity contribution in [3.8, 4) is 0 Å². The molecule has 2 N–H and O–H groups in total. The molecular formula is C23H24N6. The van der Waals surface area contributed by atoms with Gasteiger partial charge in [-0.1, -0.05) is 37.5 Å². The third kappa shape index (κ3) is 2.75. The highest BCUT2D eigenvalue weighted by molar-refractivity contribution is 5.86. The normalized spacial score (nSPS) is 18.1. The predicted molar refractivity (Wildman–Crippen MR) is 116 cm³/mol. The van der Waals surface area contributed by atoms with Gasteiger partial charge in [-0.15, -0.1) is 0 Å². The molecule has 4 heterocycles. The Morgan fingerprint density at radius 3 is 2.72 bits per heavy atom. The topological polar surface area (TPSA) is 61.3 Å². The number of fused-ring (bicyclic) bond motifs is 3. The first-order chi connectivity index (χ1) is 14.4. The van der Waals surface area contributed by atoms with Crippen molar-refractivity contribution in [2.24, 2.45) is 0 Å². The molecule has 29 heavy (non-hydrogen) atoms. The molecule has 0 bridgehead atoms. The minimum atomic E-state index is 0.547. The number of rotatable bonds is 3. The summed E-state index contributed by atoms with van der Waals surface area (Å²) in [6.45, 7) is 0.763. The lowest BCUT2D eigenvalue weighted by Crippen LogP contribution is -2.28. The second kappa shape index (κ2) is 6.74. The fraction of sp³-hybridized carbons (Fsp3) is 0.304. The van der Waals surface area contributed by atoms with Gasteiger partial charge in [-0.05, 0) is 36.6 Å². The van der Waals surface area contributed by atoms with Crippen LogP contribution < -0.4 is 10.4 Å². The Labute approximate surface area is 169 Å².